The van der Waals surface area contributed by atoms with Crippen LogP contribution in [-0.2, 0) is 11.3 Å². The molecule has 2 rings (SSSR count). The zero-order chi connectivity index (χ0) is 19.8. The Hall–Kier alpha value is -3.16. The molecule has 2 aromatic rings. The van der Waals surface area contributed by atoms with Gasteiger partial charge in [0.15, 0.2) is 11.4 Å². The number of esters is 1. The van der Waals surface area contributed by atoms with Gasteiger partial charge in [0.1, 0.15) is 11.4 Å². The standard InChI is InChI=1S/C19H21FN2O5/c1-3-4-9-27-17-15(19(25)26-2)21-11-14(16(17)23)18(24)22-10-12-5-7-13(20)8-6-12/h5-8,11H,3-4,9-10H2,1-2H3,(H,21,23)(H,22,24). The molecule has 0 atom stereocenters. The number of H-pyrrole nitrogens is 1. The second-order valence-corrected chi connectivity index (χ2v) is 5.74. The summed E-state index contributed by atoms with van der Waals surface area (Å²) in [5.74, 6) is -2.03. The number of unbranched alkanes of at least 4 members (excludes halogenated alkanes) is 1. The van der Waals surface area contributed by atoms with Crippen molar-refractivity contribution in [1.29, 1.82) is 0 Å². The first-order valence-electron chi connectivity index (χ1n) is 8.47. The lowest BCUT2D eigenvalue weighted by Gasteiger charge is -2.11. The molecule has 1 amide bonds. The third kappa shape index (κ3) is 5.16. The van der Waals surface area contributed by atoms with Gasteiger partial charge in [-0.3, -0.25) is 9.59 Å². The Morgan fingerprint density at radius 1 is 1.22 bits per heavy atom. The molecule has 27 heavy (non-hydrogen) atoms. The van der Waals surface area contributed by atoms with Crippen LogP contribution < -0.4 is 15.5 Å². The predicted octanol–water partition coefficient (Wildman–Crippen LogP) is 2.41. The summed E-state index contributed by atoms with van der Waals surface area (Å²) < 4.78 is 23.0. The van der Waals surface area contributed by atoms with Crippen LogP contribution >= 0.6 is 0 Å². The SMILES string of the molecule is CCCCOc1c(C(=O)OC)[nH]cc(C(=O)NCc2ccc(F)cc2)c1=O. The number of rotatable bonds is 8. The minimum absolute atomic E-state index is 0.114. The number of methoxy groups -OCH3 is 1. The molecule has 1 heterocycles. The van der Waals surface area contributed by atoms with Gasteiger partial charge in [-0.05, 0) is 24.1 Å². The van der Waals surface area contributed by atoms with Gasteiger partial charge >= 0.3 is 5.97 Å². The molecule has 0 fully saturated rings. The third-order valence-electron chi connectivity index (χ3n) is 3.78. The van der Waals surface area contributed by atoms with Crippen LogP contribution in [0.2, 0.25) is 0 Å². The molecule has 0 aliphatic heterocycles. The molecule has 0 unspecified atom stereocenters. The summed E-state index contributed by atoms with van der Waals surface area (Å²) in [6, 6.07) is 5.61. The summed E-state index contributed by atoms with van der Waals surface area (Å²) in [6.45, 7) is 2.29. The zero-order valence-corrected chi connectivity index (χ0v) is 15.1. The Kier molecular flexibility index (Phi) is 7.10. The van der Waals surface area contributed by atoms with Crippen LogP contribution in [0.3, 0.4) is 0 Å². The first kappa shape index (κ1) is 20.2. The van der Waals surface area contributed by atoms with Gasteiger partial charge in [-0.1, -0.05) is 25.5 Å². The van der Waals surface area contributed by atoms with Crippen molar-refractivity contribution >= 4 is 11.9 Å². The van der Waals surface area contributed by atoms with Crippen LogP contribution in [0, 0.1) is 5.82 Å². The fraction of sp³-hybridized carbons (Fsp3) is 0.316. The molecule has 1 aromatic heterocycles. The molecule has 7 nitrogen and oxygen atoms in total. The average Bonchev–Trinajstić information content (AvgIpc) is 2.68. The van der Waals surface area contributed by atoms with Crippen LogP contribution in [0.4, 0.5) is 4.39 Å². The number of hydrogen-bond acceptors (Lipinski definition) is 5. The summed E-state index contributed by atoms with van der Waals surface area (Å²) in [5, 5.41) is 2.58. The van der Waals surface area contributed by atoms with Gasteiger partial charge in [0, 0.05) is 12.7 Å². The topological polar surface area (TPSA) is 97.5 Å². The summed E-state index contributed by atoms with van der Waals surface area (Å²) in [5.41, 5.74) is -0.376. The Balaban J connectivity index is 2.23. The van der Waals surface area contributed by atoms with E-state index in [1.165, 1.54) is 31.4 Å². The maximum absolute atomic E-state index is 12.9. The van der Waals surface area contributed by atoms with E-state index in [4.69, 9.17) is 4.74 Å². The van der Waals surface area contributed by atoms with Crippen LogP contribution in [0.5, 0.6) is 5.75 Å². The smallest absolute Gasteiger partial charge is 0.358 e. The second kappa shape index (κ2) is 9.51. The lowest BCUT2D eigenvalue weighted by Crippen LogP contribution is -2.30. The van der Waals surface area contributed by atoms with E-state index < -0.39 is 17.3 Å². The van der Waals surface area contributed by atoms with Crippen molar-refractivity contribution in [1.82, 2.24) is 10.3 Å². The lowest BCUT2D eigenvalue weighted by atomic mass is 10.2. The van der Waals surface area contributed by atoms with Gasteiger partial charge < -0.3 is 19.8 Å². The molecule has 0 saturated carbocycles. The highest BCUT2D eigenvalue weighted by atomic mass is 19.1. The van der Waals surface area contributed by atoms with Crippen molar-refractivity contribution in [3.05, 3.63) is 63.3 Å². The van der Waals surface area contributed by atoms with Crippen molar-refractivity contribution in [3.8, 4) is 5.75 Å². The van der Waals surface area contributed by atoms with E-state index in [0.29, 0.717) is 12.0 Å². The maximum atomic E-state index is 12.9. The number of amides is 1. The lowest BCUT2D eigenvalue weighted by molar-refractivity contribution is 0.0587. The van der Waals surface area contributed by atoms with Crippen LogP contribution in [0.25, 0.3) is 0 Å². The molecule has 1 aromatic carbocycles. The van der Waals surface area contributed by atoms with Gasteiger partial charge in [-0.15, -0.1) is 0 Å². The molecule has 0 radical (unpaired) electrons. The summed E-state index contributed by atoms with van der Waals surface area (Å²) >= 11 is 0. The van der Waals surface area contributed by atoms with Crippen molar-refractivity contribution in [2.45, 2.75) is 26.3 Å². The number of carbonyl (C=O) groups is 2. The van der Waals surface area contributed by atoms with E-state index in [-0.39, 0.29) is 36.0 Å². The molecule has 2 N–H and O–H groups in total. The quantitative estimate of drug-likeness (QED) is 0.545. The molecule has 0 saturated heterocycles. The van der Waals surface area contributed by atoms with Crippen molar-refractivity contribution in [2.75, 3.05) is 13.7 Å². The van der Waals surface area contributed by atoms with E-state index in [0.717, 1.165) is 12.6 Å². The minimum Gasteiger partial charge on any atom is -0.487 e. The highest BCUT2D eigenvalue weighted by Gasteiger charge is 2.22. The van der Waals surface area contributed by atoms with Gasteiger partial charge in [0.2, 0.25) is 5.43 Å². The number of carbonyl (C=O) groups excluding carboxylic acids is 2. The van der Waals surface area contributed by atoms with E-state index >= 15 is 0 Å². The van der Waals surface area contributed by atoms with E-state index in [2.05, 4.69) is 15.0 Å². The molecular weight excluding hydrogens is 355 g/mol. The van der Waals surface area contributed by atoms with Gasteiger partial charge in [-0.2, -0.15) is 0 Å². The van der Waals surface area contributed by atoms with Crippen molar-refractivity contribution < 1.29 is 23.5 Å². The summed E-state index contributed by atoms with van der Waals surface area (Å²) in [6.07, 6.45) is 2.66. The normalized spacial score (nSPS) is 10.3. The number of pyridine rings is 1. The zero-order valence-electron chi connectivity index (χ0n) is 15.1. The van der Waals surface area contributed by atoms with Gasteiger partial charge in [0.05, 0.1) is 13.7 Å². The van der Waals surface area contributed by atoms with Gasteiger partial charge in [-0.25, -0.2) is 9.18 Å². The third-order valence-corrected chi connectivity index (χ3v) is 3.78. The van der Waals surface area contributed by atoms with E-state index in [1.807, 2.05) is 6.92 Å². The Morgan fingerprint density at radius 2 is 1.93 bits per heavy atom. The number of aromatic amines is 1. The van der Waals surface area contributed by atoms with Crippen molar-refractivity contribution in [2.24, 2.45) is 0 Å². The van der Waals surface area contributed by atoms with Crippen LogP contribution in [-0.4, -0.2) is 30.6 Å². The van der Waals surface area contributed by atoms with Gasteiger partial charge in [0.25, 0.3) is 5.91 Å². The molecule has 144 valence electrons. The highest BCUT2D eigenvalue weighted by Crippen LogP contribution is 2.14. The maximum Gasteiger partial charge on any atom is 0.358 e. The van der Waals surface area contributed by atoms with Crippen molar-refractivity contribution in [3.63, 3.8) is 0 Å². The first-order valence-corrected chi connectivity index (χ1v) is 8.47. The number of benzene rings is 1. The largest absolute Gasteiger partial charge is 0.487 e. The molecular formula is C19H21FN2O5. The fourth-order valence-corrected chi connectivity index (χ4v) is 2.27. The fourth-order valence-electron chi connectivity index (χ4n) is 2.27. The van der Waals surface area contributed by atoms with E-state index in [1.54, 1.807) is 0 Å². The molecule has 0 aliphatic carbocycles. The average molecular weight is 376 g/mol. The Bertz CT molecular complexity index is 861. The monoisotopic (exact) mass is 376 g/mol. The number of hydrogen-bond donors (Lipinski definition) is 2. The number of aromatic nitrogens is 1. The first-order chi connectivity index (χ1) is 13.0. The Morgan fingerprint density at radius 3 is 2.56 bits per heavy atom. The Labute approximate surface area is 155 Å². The number of halogens is 1. The van der Waals surface area contributed by atoms with Crippen LogP contribution in [0.1, 0.15) is 46.2 Å². The summed E-state index contributed by atoms with van der Waals surface area (Å²) in [4.78, 5) is 39.4. The predicted molar refractivity (Wildman–Crippen MR) is 96.4 cm³/mol. The summed E-state index contributed by atoms with van der Waals surface area (Å²) in [7, 11) is 1.18. The molecule has 0 aliphatic rings. The molecule has 8 heteroatoms. The molecule has 0 spiro atoms. The highest BCUT2D eigenvalue weighted by molar-refractivity contribution is 5.96. The second-order valence-electron chi connectivity index (χ2n) is 5.74. The van der Waals surface area contributed by atoms with E-state index in [9.17, 15) is 18.8 Å². The van der Waals surface area contributed by atoms with Crippen LogP contribution in [0.15, 0.2) is 35.3 Å². The number of nitrogens with one attached hydrogen (secondary N) is 2. The minimum atomic E-state index is -0.767. The molecule has 0 bridgehead atoms. The number of ether oxygens (including phenoxy) is 2.